The average Bonchev–Trinajstić information content (AvgIpc) is 3.51. The van der Waals surface area contributed by atoms with Gasteiger partial charge in [-0.15, -0.1) is 0 Å². The topological polar surface area (TPSA) is 121 Å². The van der Waals surface area contributed by atoms with Gasteiger partial charge < -0.3 is 23.4 Å². The zero-order valence-electron chi connectivity index (χ0n) is 17.4. The molecule has 2 aromatic carbocycles. The van der Waals surface area contributed by atoms with Gasteiger partial charge in [0.25, 0.3) is 5.91 Å². The van der Waals surface area contributed by atoms with E-state index in [1.54, 1.807) is 42.5 Å². The maximum absolute atomic E-state index is 12.9. The van der Waals surface area contributed by atoms with Crippen LogP contribution in [0.15, 0.2) is 85.1 Å². The Labute approximate surface area is 186 Å². The first kappa shape index (κ1) is 20.3. The molecule has 0 radical (unpaired) electrons. The van der Waals surface area contributed by atoms with E-state index in [-0.39, 0.29) is 17.6 Å². The number of anilines is 1. The summed E-state index contributed by atoms with van der Waals surface area (Å²) in [7, 11) is 1.48. The largest absolute Gasteiger partial charge is 0.493 e. The van der Waals surface area contributed by atoms with Crippen LogP contribution in [0.1, 0.15) is 21.8 Å². The number of methoxy groups -OCH3 is 1. The number of carbonyl (C=O) groups is 1. The highest BCUT2D eigenvalue weighted by molar-refractivity contribution is 6.06. The summed E-state index contributed by atoms with van der Waals surface area (Å²) in [5.41, 5.74) is 0.633. The minimum absolute atomic E-state index is 0.122. The Morgan fingerprint density at radius 2 is 1.97 bits per heavy atom. The van der Waals surface area contributed by atoms with E-state index < -0.39 is 11.5 Å². The number of hydrogen-bond acceptors (Lipinski definition) is 8. The van der Waals surface area contributed by atoms with Crippen molar-refractivity contribution in [2.24, 2.45) is 0 Å². The highest BCUT2D eigenvalue weighted by Crippen LogP contribution is 2.25. The predicted octanol–water partition coefficient (Wildman–Crippen LogP) is 4.29. The van der Waals surface area contributed by atoms with Gasteiger partial charge in [-0.2, -0.15) is 4.98 Å². The third kappa shape index (κ3) is 3.99. The van der Waals surface area contributed by atoms with Crippen LogP contribution in [0.2, 0.25) is 0 Å². The second-order valence-electron chi connectivity index (χ2n) is 7.10. The molecule has 3 aromatic heterocycles. The normalized spacial score (nSPS) is 10.9. The number of rotatable bonds is 6. The van der Waals surface area contributed by atoms with Crippen LogP contribution in [0.3, 0.4) is 0 Å². The van der Waals surface area contributed by atoms with Gasteiger partial charge in [-0.1, -0.05) is 35.5 Å². The fourth-order valence-corrected chi connectivity index (χ4v) is 3.42. The third-order valence-corrected chi connectivity index (χ3v) is 5.01. The summed E-state index contributed by atoms with van der Waals surface area (Å²) >= 11 is 0. The summed E-state index contributed by atoms with van der Waals surface area (Å²) in [4.78, 5) is 29.8. The Kier molecular flexibility index (Phi) is 5.19. The van der Waals surface area contributed by atoms with Crippen molar-refractivity contribution < 1.29 is 22.9 Å². The summed E-state index contributed by atoms with van der Waals surface area (Å²) in [6.45, 7) is 0. The van der Waals surface area contributed by atoms with Crippen molar-refractivity contribution in [1.29, 1.82) is 0 Å². The van der Waals surface area contributed by atoms with Crippen LogP contribution in [-0.4, -0.2) is 23.2 Å². The van der Waals surface area contributed by atoms with Gasteiger partial charge in [0, 0.05) is 11.1 Å². The lowest BCUT2D eigenvalue weighted by atomic mass is 10.1. The van der Waals surface area contributed by atoms with E-state index in [2.05, 4.69) is 15.5 Å². The summed E-state index contributed by atoms with van der Waals surface area (Å²) < 4.78 is 21.2. The maximum Gasteiger partial charge on any atom is 0.349 e. The van der Waals surface area contributed by atoms with Gasteiger partial charge in [-0.25, -0.2) is 4.79 Å². The number of aromatic nitrogens is 2. The molecule has 164 valence electrons. The van der Waals surface area contributed by atoms with Crippen LogP contribution >= 0.6 is 0 Å². The molecule has 9 heteroatoms. The number of benzene rings is 2. The molecular formula is C24H17N3O6. The lowest BCUT2D eigenvalue weighted by molar-refractivity contribution is 0.102. The monoisotopic (exact) mass is 443 g/mol. The molecule has 33 heavy (non-hydrogen) atoms. The Hall–Kier alpha value is -4.66. The molecular weight excluding hydrogens is 426 g/mol. The molecule has 1 N–H and O–H groups in total. The van der Waals surface area contributed by atoms with Gasteiger partial charge in [0.2, 0.25) is 11.7 Å². The number of fused-ring (bicyclic) bond motifs is 1. The van der Waals surface area contributed by atoms with E-state index in [4.69, 9.17) is 18.1 Å². The number of nitrogens with one attached hydrogen (secondary N) is 1. The molecule has 9 nitrogen and oxygen atoms in total. The molecule has 5 rings (SSSR count). The fraction of sp³-hybridized carbons (Fsp3) is 0.0833. The molecule has 0 atom stereocenters. The van der Waals surface area contributed by atoms with E-state index in [9.17, 15) is 9.59 Å². The summed E-state index contributed by atoms with van der Waals surface area (Å²) in [6.07, 6.45) is 1.79. The van der Waals surface area contributed by atoms with Crippen LogP contribution in [-0.2, 0) is 6.42 Å². The van der Waals surface area contributed by atoms with Crippen LogP contribution < -0.4 is 15.7 Å². The second-order valence-corrected chi connectivity index (χ2v) is 7.10. The van der Waals surface area contributed by atoms with Crippen molar-refractivity contribution in [2.45, 2.75) is 6.42 Å². The van der Waals surface area contributed by atoms with Gasteiger partial charge in [0.1, 0.15) is 5.56 Å². The Balaban J connectivity index is 1.41. The predicted molar refractivity (Wildman–Crippen MR) is 118 cm³/mol. The van der Waals surface area contributed by atoms with Crippen LogP contribution in [0.4, 0.5) is 5.69 Å². The number of furan rings is 1. The molecule has 0 unspecified atom stereocenters. The molecule has 3 heterocycles. The molecule has 5 aromatic rings. The standard InChI is InChI=1S/C24H17N3O6/c1-30-18-9-4-7-15-12-16(24(29)32-21(15)18)23(28)25-17-8-3-2-6-14(17)13-20-26-22(27-33-20)19-10-5-11-31-19/h2-12H,13H2,1H3,(H,25,28). The molecule has 0 aliphatic carbocycles. The number of para-hydroxylation sites is 2. The van der Waals surface area contributed by atoms with Crippen molar-refractivity contribution >= 4 is 22.6 Å². The molecule has 0 aliphatic heterocycles. The summed E-state index contributed by atoms with van der Waals surface area (Å²) in [5.74, 6) is 0.991. The Morgan fingerprint density at radius 1 is 1.09 bits per heavy atom. The van der Waals surface area contributed by atoms with Crippen LogP contribution in [0, 0.1) is 0 Å². The zero-order chi connectivity index (χ0) is 22.8. The molecule has 1 amide bonds. The van der Waals surface area contributed by atoms with Crippen LogP contribution in [0.5, 0.6) is 5.75 Å². The second kappa shape index (κ2) is 8.46. The zero-order valence-corrected chi connectivity index (χ0v) is 17.4. The molecule has 0 aliphatic rings. The highest BCUT2D eigenvalue weighted by atomic mass is 16.5. The molecule has 0 fully saturated rings. The number of ether oxygens (including phenoxy) is 1. The van der Waals surface area contributed by atoms with Crippen molar-refractivity contribution in [3.63, 3.8) is 0 Å². The minimum Gasteiger partial charge on any atom is -0.493 e. The summed E-state index contributed by atoms with van der Waals surface area (Å²) in [5, 5.41) is 7.27. The lowest BCUT2D eigenvalue weighted by Gasteiger charge is -2.10. The summed E-state index contributed by atoms with van der Waals surface area (Å²) in [6, 6.07) is 17.2. The number of nitrogens with zero attached hydrogens (tertiary/aromatic N) is 2. The number of hydrogen-bond donors (Lipinski definition) is 1. The maximum atomic E-state index is 12.9. The first-order valence-electron chi connectivity index (χ1n) is 9.99. The molecule has 0 saturated heterocycles. The average molecular weight is 443 g/mol. The Morgan fingerprint density at radius 3 is 2.79 bits per heavy atom. The van der Waals surface area contributed by atoms with Gasteiger partial charge in [0.15, 0.2) is 17.1 Å². The first-order chi connectivity index (χ1) is 16.1. The van der Waals surface area contributed by atoms with E-state index >= 15 is 0 Å². The van der Waals surface area contributed by atoms with Gasteiger partial charge >= 0.3 is 5.63 Å². The van der Waals surface area contributed by atoms with E-state index in [1.165, 1.54) is 19.4 Å². The number of carbonyl (C=O) groups excluding carboxylic acids is 1. The van der Waals surface area contributed by atoms with Gasteiger partial charge in [-0.05, 0) is 35.9 Å². The van der Waals surface area contributed by atoms with Crippen LogP contribution in [0.25, 0.3) is 22.6 Å². The number of amides is 1. The van der Waals surface area contributed by atoms with Gasteiger partial charge in [0.05, 0.1) is 19.8 Å². The third-order valence-electron chi connectivity index (χ3n) is 5.01. The van der Waals surface area contributed by atoms with E-state index in [0.717, 1.165) is 5.56 Å². The van der Waals surface area contributed by atoms with E-state index in [1.807, 2.05) is 12.1 Å². The lowest BCUT2D eigenvalue weighted by Crippen LogP contribution is -2.21. The molecule has 0 bridgehead atoms. The quantitative estimate of drug-likeness (QED) is 0.386. The molecule has 0 saturated carbocycles. The Bertz CT molecular complexity index is 1500. The molecule has 0 spiro atoms. The van der Waals surface area contributed by atoms with Crippen molar-refractivity contribution in [3.8, 4) is 17.3 Å². The van der Waals surface area contributed by atoms with E-state index in [0.29, 0.717) is 34.3 Å². The SMILES string of the molecule is COc1cccc2cc(C(=O)Nc3ccccc3Cc3nc(-c4ccco4)no3)c(=O)oc12. The van der Waals surface area contributed by atoms with Crippen molar-refractivity contribution in [1.82, 2.24) is 10.1 Å². The first-order valence-corrected chi connectivity index (χ1v) is 9.99. The van der Waals surface area contributed by atoms with Crippen molar-refractivity contribution in [3.05, 3.63) is 94.4 Å². The minimum atomic E-state index is -0.762. The van der Waals surface area contributed by atoms with Crippen molar-refractivity contribution in [2.75, 3.05) is 12.4 Å². The smallest absolute Gasteiger partial charge is 0.349 e. The highest BCUT2D eigenvalue weighted by Gasteiger charge is 2.18. The van der Waals surface area contributed by atoms with Gasteiger partial charge in [-0.3, -0.25) is 4.79 Å². The fourth-order valence-electron chi connectivity index (χ4n) is 3.42.